The van der Waals surface area contributed by atoms with Crippen molar-refractivity contribution in [1.82, 2.24) is 5.43 Å². The predicted octanol–water partition coefficient (Wildman–Crippen LogP) is -0.429. The van der Waals surface area contributed by atoms with Crippen LogP contribution >= 0.6 is 21.6 Å². The van der Waals surface area contributed by atoms with Crippen LogP contribution < -0.4 is 11.3 Å². The van der Waals surface area contributed by atoms with Crippen LogP contribution in [0.3, 0.4) is 0 Å². The zero-order valence-electron chi connectivity index (χ0n) is 5.96. The summed E-state index contributed by atoms with van der Waals surface area (Å²) in [5.74, 6) is 4.32. The Bertz CT molecular complexity index is 73.5. The van der Waals surface area contributed by atoms with Crippen molar-refractivity contribution >= 4 is 52.1 Å². The van der Waals surface area contributed by atoms with E-state index in [-0.39, 0.29) is 24.4 Å². The molecule has 0 aromatic rings. The molecule has 0 rings (SSSR count). The number of hydrogen-bond donors (Lipinski definition) is 3. The first kappa shape index (κ1) is 17.0. The predicted molar refractivity (Wildman–Crippen MR) is 52.3 cm³/mol. The summed E-state index contributed by atoms with van der Waals surface area (Å²) in [6.45, 7) is 0. The summed E-state index contributed by atoms with van der Waals surface area (Å²) >= 11 is 0. The topological polar surface area (TPSA) is 75.3 Å². The third kappa shape index (κ3) is 37.4. The molecule has 0 aromatic carbocycles. The van der Waals surface area contributed by atoms with Crippen molar-refractivity contribution in [2.75, 3.05) is 12.5 Å². The normalized spacial score (nSPS) is 6.30. The number of rotatable bonds is 1. The number of carbonyl (C=O) groups is 1. The fourth-order valence-electron chi connectivity index (χ4n) is 0. The molecule has 0 radical (unpaired) electrons. The Morgan fingerprint density at radius 3 is 1.70 bits per heavy atom. The Labute approximate surface area is 85.5 Å². The molecule has 4 N–H and O–H groups in total. The van der Waals surface area contributed by atoms with Gasteiger partial charge in [-0.3, -0.25) is 5.43 Å². The first-order chi connectivity index (χ1) is 4.18. The van der Waals surface area contributed by atoms with Gasteiger partial charge in [-0.1, -0.05) is 21.6 Å². The van der Waals surface area contributed by atoms with Crippen LogP contribution in [0.5, 0.6) is 0 Å². The number of nitrogens with two attached hydrogens (primary N) is 1. The number of hydrazine groups is 1. The number of amides is 1. The zero-order chi connectivity index (χ0) is 7.70. The zero-order valence-corrected chi connectivity index (χ0v) is 11.6. The molecular weight excluding hydrogens is 282 g/mol. The van der Waals surface area contributed by atoms with E-state index in [9.17, 15) is 0 Å². The second kappa shape index (κ2) is 16.4. The summed E-state index contributed by atoms with van der Waals surface area (Å²) in [6, 6.07) is 0. The van der Waals surface area contributed by atoms with E-state index in [1.54, 1.807) is 21.6 Å². The second-order valence-electron chi connectivity index (χ2n) is 0.783. The molecule has 0 fully saturated rings. The van der Waals surface area contributed by atoms with Gasteiger partial charge in [0.15, 0.2) is 0 Å². The van der Waals surface area contributed by atoms with Gasteiger partial charge in [0.1, 0.15) is 0 Å². The molecule has 0 saturated heterocycles. The van der Waals surface area contributed by atoms with Crippen molar-refractivity contribution < 1.29 is 9.90 Å². The molecule has 7 heteroatoms. The first-order valence-electron chi connectivity index (χ1n) is 1.95. The summed E-state index contributed by atoms with van der Waals surface area (Å²) in [6.07, 6.45) is 2.90. The summed E-state index contributed by atoms with van der Waals surface area (Å²) in [5.41, 5.74) is 1.44. The molecule has 0 unspecified atom stereocenters. The fraction of sp³-hybridized carbons (Fsp3) is 0.667. The van der Waals surface area contributed by atoms with E-state index in [1.807, 2.05) is 0 Å². The molecule has 0 spiro atoms. The van der Waals surface area contributed by atoms with Gasteiger partial charge in [0.05, 0.1) is 0 Å². The van der Waals surface area contributed by atoms with Crippen LogP contribution in [0.2, 0.25) is 0 Å². The van der Waals surface area contributed by atoms with Crippen LogP contribution in [0.15, 0.2) is 0 Å². The van der Waals surface area contributed by atoms with Crippen LogP contribution in [-0.4, -0.2) is 48.1 Å². The Balaban J connectivity index is -0.0000000910. The molecule has 0 aliphatic heterocycles. The van der Waals surface area contributed by atoms with E-state index >= 15 is 0 Å². The van der Waals surface area contributed by atoms with Gasteiger partial charge in [-0.05, 0) is 12.5 Å². The van der Waals surface area contributed by atoms with Gasteiger partial charge in [-0.15, -0.1) is 0 Å². The van der Waals surface area contributed by atoms with E-state index in [1.165, 1.54) is 5.43 Å². The average molecular weight is 295 g/mol. The molecule has 1 amide bonds. The maximum atomic E-state index is 9.13. The molecule has 0 aliphatic rings. The number of hydrogen-bond acceptors (Lipinski definition) is 4. The molecule has 0 aliphatic carbocycles. The van der Waals surface area contributed by atoms with Crippen molar-refractivity contribution in [1.29, 1.82) is 0 Å². The Morgan fingerprint density at radius 2 is 1.70 bits per heavy atom. The van der Waals surface area contributed by atoms with Crippen LogP contribution in [0.25, 0.3) is 0 Å². The van der Waals surface area contributed by atoms with Crippen molar-refractivity contribution in [2.24, 2.45) is 5.84 Å². The minimum atomic E-state index is -1.22. The molecule has 0 atom stereocenters. The Kier molecular flexibility index (Phi) is 27.9. The maximum absolute atomic E-state index is 9.13. The number of nitrogens with one attached hydrogen (secondary N) is 1. The average Bonchev–Trinajstić information content (AvgIpc) is 1.89. The van der Waals surface area contributed by atoms with E-state index in [0.717, 1.165) is 0 Å². The van der Waals surface area contributed by atoms with Crippen molar-refractivity contribution in [2.45, 2.75) is 0 Å². The third-order valence-corrected chi connectivity index (χ3v) is 1.62. The van der Waals surface area contributed by atoms with Crippen LogP contribution in [0.4, 0.5) is 4.79 Å². The molecule has 0 aromatic heterocycles. The Hall–Kier alpha value is 0.748. The number of carboxylic acid groups (broad SMARTS) is 1. The third-order valence-electron chi connectivity index (χ3n) is 0.290. The SMILES string of the molecule is CSSC.NNC(=O)O.[SbH3]. The van der Waals surface area contributed by atoms with Crippen molar-refractivity contribution in [3.63, 3.8) is 0 Å². The van der Waals surface area contributed by atoms with Crippen molar-refractivity contribution in [3.8, 4) is 0 Å². The van der Waals surface area contributed by atoms with Gasteiger partial charge in [0, 0.05) is 0 Å². The summed E-state index contributed by atoms with van der Waals surface area (Å²) in [4.78, 5) is 9.13. The fourth-order valence-corrected chi connectivity index (χ4v) is 0. The van der Waals surface area contributed by atoms with Crippen LogP contribution in [-0.2, 0) is 0 Å². The molecule has 4 nitrogen and oxygen atoms in total. The monoisotopic (exact) mass is 294 g/mol. The van der Waals surface area contributed by atoms with E-state index in [2.05, 4.69) is 18.4 Å². The summed E-state index contributed by atoms with van der Waals surface area (Å²) in [5, 5.41) is 7.49. The standard InChI is InChI=1S/C2H6S2.CH4N2O2.Sb.3H/c1-3-4-2;2-3-1(4)5;;;;/h1-2H3;3H,2H2,(H,4,5);;;;. The van der Waals surface area contributed by atoms with Crippen LogP contribution in [0.1, 0.15) is 0 Å². The van der Waals surface area contributed by atoms with Gasteiger partial charge < -0.3 is 5.11 Å². The van der Waals surface area contributed by atoms with Crippen LogP contribution in [0, 0.1) is 0 Å². The molecule has 0 saturated carbocycles. The summed E-state index contributed by atoms with van der Waals surface area (Å²) in [7, 11) is 3.55. The molecule has 10 heavy (non-hydrogen) atoms. The molecule has 64 valence electrons. The first-order valence-corrected chi connectivity index (χ1v) is 4.92. The van der Waals surface area contributed by atoms with Crippen molar-refractivity contribution in [3.05, 3.63) is 0 Å². The molecular formula is C3H13N2O2S2Sb. The minimum absolute atomic E-state index is 0. The van der Waals surface area contributed by atoms with Gasteiger partial charge in [-0.2, -0.15) is 0 Å². The molecule has 0 heterocycles. The Morgan fingerprint density at radius 1 is 1.50 bits per heavy atom. The van der Waals surface area contributed by atoms with Gasteiger partial charge in [0.25, 0.3) is 0 Å². The second-order valence-corrected chi connectivity index (χ2v) is 3.45. The van der Waals surface area contributed by atoms with Gasteiger partial charge in [0.2, 0.25) is 0 Å². The van der Waals surface area contributed by atoms with E-state index < -0.39 is 6.09 Å². The quantitative estimate of drug-likeness (QED) is 0.201. The van der Waals surface area contributed by atoms with Gasteiger partial charge >= 0.3 is 30.5 Å². The van der Waals surface area contributed by atoms with E-state index in [4.69, 9.17) is 9.90 Å². The summed E-state index contributed by atoms with van der Waals surface area (Å²) < 4.78 is 0. The molecule has 0 bridgehead atoms. The van der Waals surface area contributed by atoms with E-state index in [0.29, 0.717) is 0 Å². The van der Waals surface area contributed by atoms with Gasteiger partial charge in [-0.25, -0.2) is 10.6 Å².